The highest BCUT2D eigenvalue weighted by Gasteiger charge is 2.11. The number of thiazole rings is 2. The number of aromatic nitrogens is 2. The first-order chi connectivity index (χ1) is 12.5. The van der Waals surface area contributed by atoms with Gasteiger partial charge in [-0.25, -0.2) is 9.37 Å². The van der Waals surface area contributed by atoms with E-state index < -0.39 is 5.97 Å². The number of nitrogens with zero attached hydrogens (tertiary/aromatic N) is 2. The van der Waals surface area contributed by atoms with E-state index in [4.69, 9.17) is 9.47 Å². The minimum Gasteiger partial charge on any atom is -0.486 e. The minimum atomic E-state index is -0.495. The van der Waals surface area contributed by atoms with Gasteiger partial charge in [0, 0.05) is 16.5 Å². The van der Waals surface area contributed by atoms with Crippen LogP contribution in [0.5, 0.6) is 5.75 Å². The van der Waals surface area contributed by atoms with Gasteiger partial charge in [0.25, 0.3) is 0 Å². The average molecular weight is 394 g/mol. The summed E-state index contributed by atoms with van der Waals surface area (Å²) in [6, 6.07) is 5.73. The molecule has 0 aliphatic heterocycles. The van der Waals surface area contributed by atoms with Crippen LogP contribution in [-0.4, -0.2) is 15.5 Å². The molecule has 0 saturated carbocycles. The van der Waals surface area contributed by atoms with Crippen molar-refractivity contribution < 1.29 is 18.7 Å². The predicted molar refractivity (Wildman–Crippen MR) is 96.0 cm³/mol. The summed E-state index contributed by atoms with van der Waals surface area (Å²) >= 11 is 2.43. The number of hydrogen-bond acceptors (Lipinski definition) is 7. The first-order valence-corrected chi connectivity index (χ1v) is 9.39. The van der Waals surface area contributed by atoms with Gasteiger partial charge in [-0.2, -0.15) is 0 Å². The van der Waals surface area contributed by atoms with E-state index in [1.54, 1.807) is 29.8 Å². The van der Waals surface area contributed by atoms with Crippen molar-refractivity contribution in [2.45, 2.75) is 26.7 Å². The van der Waals surface area contributed by atoms with E-state index in [1.807, 2.05) is 0 Å². The zero-order valence-corrected chi connectivity index (χ0v) is 15.4. The number of benzene rings is 1. The largest absolute Gasteiger partial charge is 0.486 e. The van der Waals surface area contributed by atoms with Crippen LogP contribution in [0.4, 0.5) is 4.39 Å². The zero-order chi connectivity index (χ0) is 18.5. The fourth-order valence-electron chi connectivity index (χ4n) is 2.08. The van der Waals surface area contributed by atoms with Gasteiger partial charge in [0.15, 0.2) is 0 Å². The van der Waals surface area contributed by atoms with Gasteiger partial charge in [-0.1, -0.05) is 11.3 Å². The predicted octanol–water partition coefficient (Wildman–Crippen LogP) is 3.14. The van der Waals surface area contributed by atoms with E-state index in [-0.39, 0.29) is 30.4 Å². The summed E-state index contributed by atoms with van der Waals surface area (Å²) in [7, 11) is 0. The Morgan fingerprint density at radius 3 is 2.65 bits per heavy atom. The van der Waals surface area contributed by atoms with Gasteiger partial charge in [-0.15, -0.1) is 11.3 Å². The number of ether oxygens (including phenoxy) is 2. The highest BCUT2D eigenvalue weighted by molar-refractivity contribution is 7.09. The Kier molecular flexibility index (Phi) is 5.79. The van der Waals surface area contributed by atoms with Crippen LogP contribution in [0.25, 0.3) is 0 Å². The lowest BCUT2D eigenvalue weighted by atomic mass is 10.3. The first-order valence-electron chi connectivity index (χ1n) is 7.63. The van der Waals surface area contributed by atoms with Crippen LogP contribution in [0, 0.1) is 12.7 Å². The molecule has 0 fully saturated rings. The molecule has 0 bridgehead atoms. The van der Waals surface area contributed by atoms with Crippen LogP contribution >= 0.6 is 22.7 Å². The van der Waals surface area contributed by atoms with E-state index in [2.05, 4.69) is 4.98 Å². The highest BCUT2D eigenvalue weighted by atomic mass is 32.1. The number of esters is 1. The van der Waals surface area contributed by atoms with E-state index >= 15 is 0 Å². The van der Waals surface area contributed by atoms with Crippen molar-refractivity contribution in [2.75, 3.05) is 0 Å². The van der Waals surface area contributed by atoms with Gasteiger partial charge in [-0.05, 0) is 31.2 Å². The van der Waals surface area contributed by atoms with Crippen molar-refractivity contribution in [3.8, 4) is 5.75 Å². The maximum atomic E-state index is 12.8. The topological polar surface area (TPSA) is 70.4 Å². The summed E-state index contributed by atoms with van der Waals surface area (Å²) in [5, 5.41) is 4.19. The normalized spacial score (nSPS) is 10.7. The molecule has 6 nitrogen and oxygen atoms in total. The van der Waals surface area contributed by atoms with Crippen molar-refractivity contribution in [3.63, 3.8) is 0 Å². The molecule has 0 aliphatic rings. The molecule has 0 amide bonds. The summed E-state index contributed by atoms with van der Waals surface area (Å²) in [6.07, 6.45) is 0. The monoisotopic (exact) mass is 394 g/mol. The Morgan fingerprint density at radius 1 is 1.19 bits per heavy atom. The molecule has 3 aromatic rings. The Labute approximate surface area is 156 Å². The molecule has 9 heteroatoms. The molecule has 0 aliphatic carbocycles. The lowest BCUT2D eigenvalue weighted by molar-refractivity contribution is -0.145. The van der Waals surface area contributed by atoms with Gasteiger partial charge in [0.2, 0.25) is 0 Å². The SMILES string of the molecule is Cc1csc(=O)n1CC(=O)OCc1csc(COc2ccc(F)cc2)n1. The van der Waals surface area contributed by atoms with Crippen molar-refractivity contribution in [1.82, 2.24) is 9.55 Å². The smallest absolute Gasteiger partial charge is 0.326 e. The molecule has 0 atom stereocenters. The van der Waals surface area contributed by atoms with Crippen LogP contribution in [0.3, 0.4) is 0 Å². The third-order valence-corrected chi connectivity index (χ3v) is 5.17. The van der Waals surface area contributed by atoms with Crippen LogP contribution in [0.2, 0.25) is 0 Å². The van der Waals surface area contributed by atoms with Crippen molar-refractivity contribution >= 4 is 28.6 Å². The molecule has 136 valence electrons. The number of aryl methyl sites for hydroxylation is 1. The summed E-state index contributed by atoms with van der Waals surface area (Å²) < 4.78 is 24.9. The number of carbonyl (C=O) groups is 1. The third kappa shape index (κ3) is 4.77. The van der Waals surface area contributed by atoms with Gasteiger partial charge in [0.1, 0.15) is 36.3 Å². The van der Waals surface area contributed by atoms with E-state index in [1.165, 1.54) is 28.0 Å². The van der Waals surface area contributed by atoms with Crippen LogP contribution in [-0.2, 0) is 29.3 Å². The number of carbonyl (C=O) groups excluding carboxylic acids is 1. The molecule has 1 aromatic carbocycles. The Morgan fingerprint density at radius 2 is 1.96 bits per heavy atom. The van der Waals surface area contributed by atoms with E-state index in [9.17, 15) is 14.0 Å². The molecule has 2 heterocycles. The number of halogens is 1. The maximum Gasteiger partial charge on any atom is 0.326 e. The van der Waals surface area contributed by atoms with Gasteiger partial charge < -0.3 is 9.47 Å². The summed E-state index contributed by atoms with van der Waals surface area (Å²) in [4.78, 5) is 27.6. The lowest BCUT2D eigenvalue weighted by Gasteiger charge is -2.05. The molecule has 0 radical (unpaired) electrons. The summed E-state index contributed by atoms with van der Waals surface area (Å²) in [6.45, 7) is 1.93. The zero-order valence-electron chi connectivity index (χ0n) is 13.8. The van der Waals surface area contributed by atoms with Crippen LogP contribution in [0.15, 0.2) is 39.8 Å². The Bertz CT molecular complexity index is 946. The molecule has 0 unspecified atom stereocenters. The maximum absolute atomic E-state index is 12.8. The van der Waals surface area contributed by atoms with E-state index in [0.717, 1.165) is 17.0 Å². The molecule has 2 aromatic heterocycles. The molecule has 0 spiro atoms. The minimum absolute atomic E-state index is 0.0316. The summed E-state index contributed by atoms with van der Waals surface area (Å²) in [5.41, 5.74) is 1.33. The van der Waals surface area contributed by atoms with Gasteiger partial charge in [-0.3, -0.25) is 14.2 Å². The Balaban J connectivity index is 1.48. The van der Waals surface area contributed by atoms with E-state index in [0.29, 0.717) is 16.5 Å². The molecular weight excluding hydrogens is 379 g/mol. The van der Waals surface area contributed by atoms with Gasteiger partial charge in [0.05, 0.1) is 5.69 Å². The summed E-state index contributed by atoms with van der Waals surface area (Å²) in [5.74, 6) is -0.271. The second-order valence-electron chi connectivity index (χ2n) is 5.36. The molecule has 0 saturated heterocycles. The van der Waals surface area contributed by atoms with Crippen molar-refractivity contribution in [3.05, 3.63) is 66.9 Å². The second kappa shape index (κ2) is 8.24. The van der Waals surface area contributed by atoms with Gasteiger partial charge >= 0.3 is 10.8 Å². The molecular formula is C17H15FN2O4S2. The molecule has 0 N–H and O–H groups in total. The van der Waals surface area contributed by atoms with Crippen LogP contribution in [0.1, 0.15) is 16.4 Å². The van der Waals surface area contributed by atoms with Crippen molar-refractivity contribution in [1.29, 1.82) is 0 Å². The number of rotatable bonds is 7. The highest BCUT2D eigenvalue weighted by Crippen LogP contribution is 2.16. The molecule has 3 rings (SSSR count). The standard InChI is InChI=1S/C17H15FN2O4S2/c1-11-9-26-17(22)20(11)6-16(21)24-7-13-10-25-15(19-13)8-23-14-4-2-12(18)3-5-14/h2-5,9-10H,6-8H2,1H3. The van der Waals surface area contributed by atoms with Crippen LogP contribution < -0.4 is 9.61 Å². The quantitative estimate of drug-likeness (QED) is 0.576. The fourth-order valence-corrected chi connectivity index (χ4v) is 3.51. The average Bonchev–Trinajstić information content (AvgIpc) is 3.21. The lowest BCUT2D eigenvalue weighted by Crippen LogP contribution is -2.22. The fraction of sp³-hybridized carbons (Fsp3) is 0.235. The second-order valence-corrected chi connectivity index (χ2v) is 7.13. The third-order valence-electron chi connectivity index (χ3n) is 3.42. The first kappa shape index (κ1) is 18.3. The Hall–Kier alpha value is -2.52. The van der Waals surface area contributed by atoms with Crippen molar-refractivity contribution in [2.24, 2.45) is 0 Å². The number of hydrogen-bond donors (Lipinski definition) is 0. The molecule has 26 heavy (non-hydrogen) atoms.